The van der Waals surface area contributed by atoms with E-state index in [0.717, 1.165) is 17.6 Å². The van der Waals surface area contributed by atoms with Crippen LogP contribution in [0.15, 0.2) is 39.9 Å². The van der Waals surface area contributed by atoms with Crippen molar-refractivity contribution in [3.05, 3.63) is 47.7 Å². The van der Waals surface area contributed by atoms with Crippen molar-refractivity contribution >= 4 is 21.7 Å². The van der Waals surface area contributed by atoms with E-state index in [1.807, 2.05) is 12.1 Å². The molecule has 8 nitrogen and oxygen atoms in total. The molecule has 0 saturated heterocycles. The van der Waals surface area contributed by atoms with E-state index in [1.54, 1.807) is 25.4 Å². The Morgan fingerprint density at radius 3 is 2.44 bits per heavy atom. The SMILES string of the molecule is CN=C(NCc1ncc(C(C)(C)C)o1)NCc1ccccc1NS(C)(=O)=O. The van der Waals surface area contributed by atoms with Gasteiger partial charge in [0.25, 0.3) is 0 Å². The molecule has 0 radical (unpaired) electrons. The second-order valence-corrected chi connectivity index (χ2v) is 8.93. The topological polar surface area (TPSA) is 109 Å². The normalized spacial score (nSPS) is 12.7. The molecule has 0 atom stereocenters. The van der Waals surface area contributed by atoms with Crippen LogP contribution in [0.25, 0.3) is 0 Å². The summed E-state index contributed by atoms with van der Waals surface area (Å²) in [6.07, 6.45) is 2.86. The Morgan fingerprint density at radius 2 is 1.85 bits per heavy atom. The fourth-order valence-electron chi connectivity index (χ4n) is 2.27. The van der Waals surface area contributed by atoms with Crippen LogP contribution in [0, 0.1) is 0 Å². The molecule has 1 aromatic carbocycles. The zero-order valence-corrected chi connectivity index (χ0v) is 17.1. The summed E-state index contributed by atoms with van der Waals surface area (Å²) in [7, 11) is -1.69. The molecule has 0 aliphatic heterocycles. The van der Waals surface area contributed by atoms with Crippen molar-refractivity contribution in [1.29, 1.82) is 0 Å². The highest BCUT2D eigenvalue weighted by atomic mass is 32.2. The van der Waals surface area contributed by atoms with Gasteiger partial charge in [0, 0.05) is 19.0 Å². The van der Waals surface area contributed by atoms with Gasteiger partial charge in [-0.2, -0.15) is 0 Å². The average molecular weight is 394 g/mol. The molecule has 1 heterocycles. The first-order chi connectivity index (χ1) is 12.6. The predicted octanol–water partition coefficient (Wildman–Crippen LogP) is 2.21. The van der Waals surface area contributed by atoms with Gasteiger partial charge in [0.15, 0.2) is 5.96 Å². The van der Waals surface area contributed by atoms with Crippen LogP contribution in [0.1, 0.15) is 38.0 Å². The molecule has 9 heteroatoms. The Kier molecular flexibility index (Phi) is 6.48. The number of para-hydroxylation sites is 1. The van der Waals surface area contributed by atoms with Crippen molar-refractivity contribution in [1.82, 2.24) is 15.6 Å². The molecule has 27 heavy (non-hydrogen) atoms. The number of hydrogen-bond donors (Lipinski definition) is 3. The first-order valence-corrected chi connectivity index (χ1v) is 10.4. The number of nitrogens with zero attached hydrogens (tertiary/aromatic N) is 2. The van der Waals surface area contributed by atoms with Crippen LogP contribution < -0.4 is 15.4 Å². The minimum atomic E-state index is -3.34. The fraction of sp³-hybridized carbons (Fsp3) is 0.444. The van der Waals surface area contributed by atoms with Gasteiger partial charge >= 0.3 is 0 Å². The summed E-state index contributed by atoms with van der Waals surface area (Å²) in [6.45, 7) is 6.98. The van der Waals surface area contributed by atoms with Gasteiger partial charge in [-0.1, -0.05) is 39.0 Å². The van der Waals surface area contributed by atoms with E-state index in [-0.39, 0.29) is 5.41 Å². The average Bonchev–Trinajstić information content (AvgIpc) is 3.04. The van der Waals surface area contributed by atoms with Crippen molar-refractivity contribution in [2.45, 2.75) is 39.3 Å². The van der Waals surface area contributed by atoms with Gasteiger partial charge in [0.05, 0.1) is 24.7 Å². The van der Waals surface area contributed by atoms with E-state index in [9.17, 15) is 8.42 Å². The lowest BCUT2D eigenvalue weighted by atomic mass is 9.94. The molecule has 1 aromatic heterocycles. The molecule has 148 valence electrons. The van der Waals surface area contributed by atoms with Crippen LogP contribution in [0.5, 0.6) is 0 Å². The van der Waals surface area contributed by atoms with E-state index in [4.69, 9.17) is 4.42 Å². The third-order valence-corrected chi connectivity index (χ3v) is 4.27. The molecular weight excluding hydrogens is 366 g/mol. The highest BCUT2D eigenvalue weighted by Gasteiger charge is 2.19. The maximum Gasteiger partial charge on any atom is 0.229 e. The van der Waals surface area contributed by atoms with Crippen LogP contribution in [0.4, 0.5) is 5.69 Å². The second kappa shape index (κ2) is 8.43. The summed E-state index contributed by atoms with van der Waals surface area (Å²) in [6, 6.07) is 7.19. The zero-order chi connectivity index (χ0) is 20.1. The maximum atomic E-state index is 11.5. The summed E-state index contributed by atoms with van der Waals surface area (Å²) in [5.74, 6) is 1.95. The minimum Gasteiger partial charge on any atom is -0.443 e. The Morgan fingerprint density at radius 1 is 1.19 bits per heavy atom. The number of hydrogen-bond acceptors (Lipinski definition) is 5. The second-order valence-electron chi connectivity index (χ2n) is 7.18. The first-order valence-electron chi connectivity index (χ1n) is 8.54. The number of anilines is 1. The van der Waals surface area contributed by atoms with Crippen molar-refractivity contribution in [3.63, 3.8) is 0 Å². The van der Waals surface area contributed by atoms with Gasteiger partial charge in [-0.25, -0.2) is 13.4 Å². The lowest BCUT2D eigenvalue weighted by Gasteiger charge is -2.14. The van der Waals surface area contributed by atoms with Gasteiger partial charge in [-0.3, -0.25) is 9.71 Å². The number of benzene rings is 1. The molecule has 3 N–H and O–H groups in total. The number of aliphatic imine (C=N–C) groups is 1. The van der Waals surface area contributed by atoms with E-state index in [2.05, 4.69) is 46.1 Å². The first kappa shape index (κ1) is 20.8. The maximum absolute atomic E-state index is 11.5. The van der Waals surface area contributed by atoms with Crippen LogP contribution in [0.3, 0.4) is 0 Å². The summed E-state index contributed by atoms with van der Waals surface area (Å²) in [4.78, 5) is 8.44. The largest absolute Gasteiger partial charge is 0.443 e. The highest BCUT2D eigenvalue weighted by Crippen LogP contribution is 2.22. The Bertz CT molecular complexity index is 898. The van der Waals surface area contributed by atoms with Crippen molar-refractivity contribution in [3.8, 4) is 0 Å². The lowest BCUT2D eigenvalue weighted by Crippen LogP contribution is -2.36. The van der Waals surface area contributed by atoms with Gasteiger partial charge in [0.2, 0.25) is 15.9 Å². The minimum absolute atomic E-state index is 0.0957. The van der Waals surface area contributed by atoms with E-state index in [1.165, 1.54) is 0 Å². The highest BCUT2D eigenvalue weighted by molar-refractivity contribution is 7.92. The number of oxazole rings is 1. The molecule has 0 aliphatic carbocycles. The van der Waals surface area contributed by atoms with Crippen LogP contribution >= 0.6 is 0 Å². The van der Waals surface area contributed by atoms with Crippen LogP contribution in [-0.2, 0) is 28.5 Å². The van der Waals surface area contributed by atoms with Crippen molar-refractivity contribution in [2.75, 3.05) is 18.0 Å². The summed E-state index contributed by atoms with van der Waals surface area (Å²) in [5.41, 5.74) is 1.24. The van der Waals surface area contributed by atoms with Crippen molar-refractivity contribution < 1.29 is 12.8 Å². The quantitative estimate of drug-likeness (QED) is 0.513. The molecule has 2 rings (SSSR count). The molecule has 0 fully saturated rings. The van der Waals surface area contributed by atoms with Crippen LogP contribution in [0.2, 0.25) is 0 Å². The standard InChI is InChI=1S/C18H27N5O3S/c1-18(2,3)15-11-20-16(26-15)12-22-17(19-4)21-10-13-8-6-7-9-14(13)23-27(5,24)25/h6-9,11,23H,10,12H2,1-5H3,(H2,19,21,22). The summed E-state index contributed by atoms with van der Waals surface area (Å²) < 4.78 is 31.2. The monoisotopic (exact) mass is 393 g/mol. The predicted molar refractivity (Wildman–Crippen MR) is 107 cm³/mol. The Hall–Kier alpha value is -2.55. The summed E-state index contributed by atoms with van der Waals surface area (Å²) >= 11 is 0. The van der Waals surface area contributed by atoms with E-state index in [0.29, 0.717) is 30.6 Å². The molecule has 0 spiro atoms. The smallest absolute Gasteiger partial charge is 0.229 e. The third-order valence-electron chi connectivity index (χ3n) is 3.68. The molecule has 0 aliphatic rings. The van der Waals surface area contributed by atoms with Gasteiger partial charge in [-0.15, -0.1) is 0 Å². The van der Waals surface area contributed by atoms with Gasteiger partial charge in [0.1, 0.15) is 5.76 Å². The number of rotatable bonds is 6. The number of sulfonamides is 1. The molecule has 0 unspecified atom stereocenters. The Labute approximate surface area is 160 Å². The molecule has 0 bridgehead atoms. The number of nitrogens with one attached hydrogen (secondary N) is 3. The summed E-state index contributed by atoms with van der Waals surface area (Å²) in [5, 5.41) is 6.29. The van der Waals surface area contributed by atoms with Crippen LogP contribution in [-0.4, -0.2) is 32.7 Å². The fourth-order valence-corrected chi connectivity index (χ4v) is 2.87. The van der Waals surface area contributed by atoms with E-state index < -0.39 is 10.0 Å². The molecule has 0 amide bonds. The van der Waals surface area contributed by atoms with Gasteiger partial charge < -0.3 is 15.1 Å². The molecule has 0 saturated carbocycles. The zero-order valence-electron chi connectivity index (χ0n) is 16.3. The molecular formula is C18H27N5O3S. The number of aromatic nitrogens is 1. The third kappa shape index (κ3) is 6.59. The van der Waals surface area contributed by atoms with Crippen molar-refractivity contribution in [2.24, 2.45) is 4.99 Å². The lowest BCUT2D eigenvalue weighted by molar-refractivity contribution is 0.379. The Balaban J connectivity index is 1.96. The molecule has 2 aromatic rings. The van der Waals surface area contributed by atoms with Gasteiger partial charge in [-0.05, 0) is 11.6 Å². The number of guanidine groups is 1. The van der Waals surface area contributed by atoms with E-state index >= 15 is 0 Å².